The van der Waals surface area contributed by atoms with Gasteiger partial charge in [-0.25, -0.2) is 8.42 Å². The second-order valence-corrected chi connectivity index (χ2v) is 9.24. The maximum Gasteiger partial charge on any atom is 0.211 e. The van der Waals surface area contributed by atoms with Crippen LogP contribution < -0.4 is 4.90 Å². The summed E-state index contributed by atoms with van der Waals surface area (Å²) in [5.74, 6) is 0. The van der Waals surface area contributed by atoms with Gasteiger partial charge in [0.15, 0.2) is 0 Å². The molecule has 0 aliphatic carbocycles. The Morgan fingerprint density at radius 1 is 0.960 bits per heavy atom. The fraction of sp³-hybridized carbons (Fsp3) is 0.294. The Kier molecular flexibility index (Phi) is 5.51. The lowest BCUT2D eigenvalue weighted by molar-refractivity contribution is 0.338. The Hall–Kier alpha value is -0.980. The summed E-state index contributed by atoms with van der Waals surface area (Å²) in [6, 6.07) is 12.6. The molecule has 0 aromatic heterocycles. The van der Waals surface area contributed by atoms with Crippen molar-refractivity contribution in [3.63, 3.8) is 0 Å². The molecule has 0 N–H and O–H groups in total. The van der Waals surface area contributed by atoms with Gasteiger partial charge in [-0.05, 0) is 35.9 Å². The summed E-state index contributed by atoms with van der Waals surface area (Å²) in [5, 5.41) is 1.74. The first kappa shape index (κ1) is 18.8. The van der Waals surface area contributed by atoms with Gasteiger partial charge >= 0.3 is 0 Å². The largest absolute Gasteiger partial charge is 0.361 e. The van der Waals surface area contributed by atoms with Gasteiger partial charge in [-0.15, -0.1) is 0 Å². The fourth-order valence-electron chi connectivity index (χ4n) is 3.03. The smallest absolute Gasteiger partial charge is 0.211 e. The quantitative estimate of drug-likeness (QED) is 0.737. The first-order chi connectivity index (χ1) is 11.8. The molecule has 1 aliphatic heterocycles. The average Bonchev–Trinajstić information content (AvgIpc) is 2.54. The Morgan fingerprint density at radius 3 is 2.20 bits per heavy atom. The average molecular weight is 420 g/mol. The Balaban J connectivity index is 2.02. The summed E-state index contributed by atoms with van der Waals surface area (Å²) in [6.45, 7) is 1.28. The summed E-state index contributed by atoms with van der Waals surface area (Å²) < 4.78 is 25.5. The zero-order valence-corrected chi connectivity index (χ0v) is 16.6. The van der Waals surface area contributed by atoms with E-state index < -0.39 is 10.0 Å². The number of hydrogen-bond donors (Lipinski definition) is 0. The number of anilines is 1. The van der Waals surface area contributed by atoms with Crippen LogP contribution in [0, 0.1) is 0 Å². The highest BCUT2D eigenvalue weighted by molar-refractivity contribution is 7.88. The van der Waals surface area contributed by atoms with Gasteiger partial charge in [0.25, 0.3) is 0 Å². The number of piperazine rings is 1. The van der Waals surface area contributed by atoms with Crippen LogP contribution in [0.15, 0.2) is 42.5 Å². The third-order valence-electron chi connectivity index (χ3n) is 4.29. The third kappa shape index (κ3) is 4.23. The van der Waals surface area contributed by atoms with Crippen molar-refractivity contribution in [1.82, 2.24) is 4.31 Å². The van der Waals surface area contributed by atoms with Gasteiger partial charge in [0.1, 0.15) is 0 Å². The highest BCUT2D eigenvalue weighted by Crippen LogP contribution is 2.37. The topological polar surface area (TPSA) is 40.6 Å². The maximum atomic E-state index is 12.0. The number of nitrogens with zero attached hydrogens (tertiary/aromatic N) is 2. The number of sulfonamides is 1. The molecular formula is C17H17Cl3N2O2S. The van der Waals surface area contributed by atoms with Crippen molar-refractivity contribution in [1.29, 1.82) is 0 Å². The molecule has 1 aliphatic rings. The van der Waals surface area contributed by atoms with Crippen molar-refractivity contribution < 1.29 is 8.42 Å². The van der Waals surface area contributed by atoms with E-state index in [9.17, 15) is 8.42 Å². The number of benzene rings is 2. The molecule has 0 amide bonds. The molecule has 25 heavy (non-hydrogen) atoms. The molecule has 0 radical (unpaired) electrons. The molecule has 1 fully saturated rings. The molecule has 2 aromatic rings. The van der Waals surface area contributed by atoms with Crippen LogP contribution in [0.2, 0.25) is 15.1 Å². The van der Waals surface area contributed by atoms with Crippen LogP contribution in [0.3, 0.4) is 0 Å². The van der Waals surface area contributed by atoms with E-state index in [-0.39, 0.29) is 6.04 Å². The predicted octanol–water partition coefficient (Wildman–Crippen LogP) is 4.47. The number of hydrogen-bond acceptors (Lipinski definition) is 3. The first-order valence-electron chi connectivity index (χ1n) is 7.68. The van der Waals surface area contributed by atoms with Crippen molar-refractivity contribution in [2.45, 2.75) is 6.04 Å². The normalized spacial score (nSPS) is 19.2. The van der Waals surface area contributed by atoms with E-state index in [1.807, 2.05) is 18.2 Å². The van der Waals surface area contributed by atoms with Crippen molar-refractivity contribution in [3.05, 3.63) is 63.1 Å². The van der Waals surface area contributed by atoms with Crippen molar-refractivity contribution in [2.24, 2.45) is 0 Å². The van der Waals surface area contributed by atoms with Crippen LogP contribution in [0.25, 0.3) is 0 Å². The Bertz CT molecular complexity index is 872. The SMILES string of the molecule is CS(=O)(=O)N1CCN(c2ccc(Cl)cc2Cl)C(c2ccc(Cl)cc2)C1. The van der Waals surface area contributed by atoms with E-state index in [1.54, 1.807) is 24.3 Å². The molecule has 0 spiro atoms. The van der Waals surface area contributed by atoms with Crippen molar-refractivity contribution in [2.75, 3.05) is 30.8 Å². The van der Waals surface area contributed by atoms with E-state index in [2.05, 4.69) is 4.90 Å². The van der Waals surface area contributed by atoms with E-state index in [4.69, 9.17) is 34.8 Å². The summed E-state index contributed by atoms with van der Waals surface area (Å²) in [5.41, 5.74) is 1.81. The van der Waals surface area contributed by atoms with Crippen molar-refractivity contribution in [3.8, 4) is 0 Å². The summed E-state index contributed by atoms with van der Waals surface area (Å²) in [6.07, 6.45) is 1.23. The minimum atomic E-state index is -3.27. The third-order valence-corrected chi connectivity index (χ3v) is 6.35. The number of rotatable bonds is 3. The van der Waals surface area contributed by atoms with Crippen LogP contribution in [0.4, 0.5) is 5.69 Å². The molecule has 4 nitrogen and oxygen atoms in total. The van der Waals surface area contributed by atoms with Crippen LogP contribution >= 0.6 is 34.8 Å². The maximum absolute atomic E-state index is 12.0. The monoisotopic (exact) mass is 418 g/mol. The minimum Gasteiger partial charge on any atom is -0.361 e. The van der Waals surface area contributed by atoms with Gasteiger partial charge in [-0.3, -0.25) is 0 Å². The molecule has 8 heteroatoms. The van der Waals surface area contributed by atoms with E-state index >= 15 is 0 Å². The zero-order valence-electron chi connectivity index (χ0n) is 13.5. The lowest BCUT2D eigenvalue weighted by atomic mass is 10.0. The Morgan fingerprint density at radius 2 is 1.60 bits per heavy atom. The first-order valence-corrected chi connectivity index (χ1v) is 10.7. The predicted molar refractivity (Wildman–Crippen MR) is 104 cm³/mol. The van der Waals surface area contributed by atoms with Gasteiger partial charge < -0.3 is 4.90 Å². The fourth-order valence-corrected chi connectivity index (χ4v) is 4.50. The molecule has 2 aromatic carbocycles. The summed E-state index contributed by atoms with van der Waals surface area (Å²) >= 11 is 18.4. The van der Waals surface area contributed by atoms with Gasteiger partial charge in [-0.2, -0.15) is 4.31 Å². The summed E-state index contributed by atoms with van der Waals surface area (Å²) in [4.78, 5) is 2.11. The lowest BCUT2D eigenvalue weighted by Gasteiger charge is -2.42. The molecule has 134 valence electrons. The standard InChI is InChI=1S/C17H17Cl3N2O2S/c1-25(23,24)21-8-9-22(16-7-6-14(19)10-15(16)20)17(11-21)12-2-4-13(18)5-3-12/h2-7,10,17H,8-9,11H2,1H3. The molecular weight excluding hydrogens is 403 g/mol. The summed E-state index contributed by atoms with van der Waals surface area (Å²) in [7, 11) is -3.27. The molecule has 3 rings (SSSR count). The van der Waals surface area contributed by atoms with E-state index in [0.29, 0.717) is 34.7 Å². The molecule has 1 unspecified atom stereocenters. The van der Waals surface area contributed by atoms with Gasteiger partial charge in [0.2, 0.25) is 10.0 Å². The van der Waals surface area contributed by atoms with E-state index in [1.165, 1.54) is 10.6 Å². The minimum absolute atomic E-state index is 0.167. The molecule has 0 bridgehead atoms. The van der Waals surface area contributed by atoms with Crippen LogP contribution in [-0.2, 0) is 10.0 Å². The highest BCUT2D eigenvalue weighted by atomic mass is 35.5. The number of halogens is 3. The highest BCUT2D eigenvalue weighted by Gasteiger charge is 2.33. The van der Waals surface area contributed by atoms with Gasteiger partial charge in [0, 0.05) is 29.7 Å². The van der Waals surface area contributed by atoms with Crippen LogP contribution in [0.1, 0.15) is 11.6 Å². The zero-order chi connectivity index (χ0) is 18.2. The van der Waals surface area contributed by atoms with Crippen LogP contribution in [0.5, 0.6) is 0 Å². The second-order valence-electron chi connectivity index (χ2n) is 5.98. The van der Waals surface area contributed by atoms with E-state index in [0.717, 1.165) is 11.3 Å². The molecule has 1 heterocycles. The second kappa shape index (κ2) is 7.33. The lowest BCUT2D eigenvalue weighted by Crippen LogP contribution is -2.50. The van der Waals surface area contributed by atoms with Gasteiger partial charge in [-0.1, -0.05) is 46.9 Å². The molecule has 0 saturated carbocycles. The van der Waals surface area contributed by atoms with Crippen molar-refractivity contribution >= 4 is 50.5 Å². The van der Waals surface area contributed by atoms with Crippen LogP contribution in [-0.4, -0.2) is 38.6 Å². The Labute approximate surface area is 162 Å². The molecule has 1 atom stereocenters. The van der Waals surface area contributed by atoms with Gasteiger partial charge in [0.05, 0.1) is 23.0 Å². The molecule has 1 saturated heterocycles.